The van der Waals surface area contributed by atoms with Crippen molar-refractivity contribution in [3.05, 3.63) is 121 Å². The van der Waals surface area contributed by atoms with Crippen LogP contribution in [0.3, 0.4) is 0 Å². The Balaban J connectivity index is 1.94. The molecular formula is C42H54N2O12. The number of carbonyl (C=O) groups is 2. The molecule has 0 aliphatic carbocycles. The molecule has 4 unspecified atom stereocenters. The Labute approximate surface area is 326 Å². The van der Waals surface area contributed by atoms with E-state index in [-0.39, 0.29) is 36.0 Å². The summed E-state index contributed by atoms with van der Waals surface area (Å²) in [7, 11) is 0. The molecule has 0 fully saturated rings. The van der Waals surface area contributed by atoms with E-state index < -0.39 is 71.6 Å². The topological polar surface area (TPSA) is 226 Å². The maximum absolute atomic E-state index is 13.2. The molecule has 56 heavy (non-hydrogen) atoms. The number of ether oxygens (including phenoxy) is 2. The van der Waals surface area contributed by atoms with Gasteiger partial charge in [-0.15, -0.1) is 0 Å². The summed E-state index contributed by atoms with van der Waals surface area (Å²) in [6.45, 7) is 10.4. The monoisotopic (exact) mass is 778 g/mol. The van der Waals surface area contributed by atoms with Gasteiger partial charge in [0.05, 0.1) is 12.2 Å². The van der Waals surface area contributed by atoms with Gasteiger partial charge in [0.1, 0.15) is 49.2 Å². The number of allylic oxidation sites excluding steroid dienone is 6. The third-order valence-electron chi connectivity index (χ3n) is 9.28. The second kappa shape index (κ2) is 21.4. The number of hydrogen-bond donors (Lipinski definition) is 6. The van der Waals surface area contributed by atoms with Crippen LogP contribution in [-0.2, 0) is 9.47 Å². The van der Waals surface area contributed by atoms with Crippen molar-refractivity contribution in [2.24, 2.45) is 10.8 Å². The Kier molecular flexibility index (Phi) is 17.3. The second-order valence-electron chi connectivity index (χ2n) is 14.3. The normalized spacial score (nSPS) is 27.6. The van der Waals surface area contributed by atoms with Crippen molar-refractivity contribution in [3.8, 4) is 0 Å². The molecule has 2 aromatic rings. The highest BCUT2D eigenvalue weighted by Crippen LogP contribution is 2.33. The first kappa shape index (κ1) is 45.4. The largest absolute Gasteiger partial charge is 0.457 e. The Hall–Kier alpha value is -4.96. The van der Waals surface area contributed by atoms with Crippen LogP contribution in [0.4, 0.5) is 0 Å². The van der Waals surface area contributed by atoms with Gasteiger partial charge in [0, 0.05) is 35.8 Å². The van der Waals surface area contributed by atoms with E-state index in [0.717, 1.165) is 12.5 Å². The molecule has 6 N–H and O–H groups in total. The summed E-state index contributed by atoms with van der Waals surface area (Å²) in [6.07, 6.45) is 16.7. The van der Waals surface area contributed by atoms with Gasteiger partial charge in [0.25, 0.3) is 0 Å². The highest BCUT2D eigenvalue weighted by Gasteiger charge is 2.39. The average molecular weight is 779 g/mol. The zero-order valence-electron chi connectivity index (χ0n) is 32.5. The predicted molar refractivity (Wildman–Crippen MR) is 209 cm³/mol. The van der Waals surface area contributed by atoms with Crippen molar-refractivity contribution in [3.63, 3.8) is 0 Å². The molecular weight excluding hydrogens is 724 g/mol. The molecule has 304 valence electrons. The minimum Gasteiger partial charge on any atom is -0.457 e. The van der Waals surface area contributed by atoms with Crippen LogP contribution in [0.5, 0.6) is 0 Å². The van der Waals surface area contributed by atoms with Gasteiger partial charge >= 0.3 is 11.9 Å². The quantitative estimate of drug-likeness (QED) is 0.171. The molecule has 0 radical (unpaired) electrons. The van der Waals surface area contributed by atoms with E-state index in [1.165, 1.54) is 72.9 Å². The second-order valence-corrected chi connectivity index (χ2v) is 14.3. The van der Waals surface area contributed by atoms with E-state index in [1.807, 2.05) is 0 Å². The molecule has 1 aliphatic heterocycles. The van der Waals surface area contributed by atoms with Crippen molar-refractivity contribution >= 4 is 24.1 Å². The zero-order valence-corrected chi connectivity index (χ0v) is 32.5. The number of fused-ring (bicyclic) bond motifs is 4. The summed E-state index contributed by atoms with van der Waals surface area (Å²) in [5.41, 5.74) is -2.28. The zero-order chi connectivity index (χ0) is 41.5. The first-order valence-electron chi connectivity index (χ1n) is 18.2. The molecule has 3 rings (SSSR count). The van der Waals surface area contributed by atoms with Gasteiger partial charge in [-0.25, -0.2) is 19.6 Å². The summed E-state index contributed by atoms with van der Waals surface area (Å²) >= 11 is 0. The minimum absolute atomic E-state index is 0.0472. The number of esters is 2. The maximum atomic E-state index is 13.2. The summed E-state index contributed by atoms with van der Waals surface area (Å²) in [6, 6.07) is 0. The van der Waals surface area contributed by atoms with E-state index in [2.05, 4.69) is 9.97 Å². The minimum atomic E-state index is -1.34. The van der Waals surface area contributed by atoms with E-state index in [1.54, 1.807) is 65.8 Å². The number of cyclic esters (lactones) is 2. The third kappa shape index (κ3) is 13.1. The van der Waals surface area contributed by atoms with Crippen LogP contribution in [0.1, 0.15) is 87.1 Å². The number of rotatable bonds is 6. The first-order valence-corrected chi connectivity index (χ1v) is 18.2. The SMILES string of the molecule is C/C=C/[C@H](O)C(C)(C)[C@@H]1C/C=C\C(O)C(O)/C=C/C=Cc2nc(co2)C(=O)O[C@H](C(C)(C)[C@@H](O)/C=C/C)C/C=C\C(O)C(O)/C=C/C=Cc2nc(co2)C(=O)O1. The molecule has 0 amide bonds. The molecule has 4 bridgehead atoms. The van der Waals surface area contributed by atoms with E-state index in [0.29, 0.717) is 0 Å². The lowest BCUT2D eigenvalue weighted by Crippen LogP contribution is -2.42. The number of aromatic nitrogens is 2. The van der Waals surface area contributed by atoms with Crippen LogP contribution in [0, 0.1) is 10.8 Å². The molecule has 0 saturated carbocycles. The van der Waals surface area contributed by atoms with Crippen LogP contribution in [0.2, 0.25) is 0 Å². The van der Waals surface area contributed by atoms with Gasteiger partial charge < -0.3 is 48.9 Å². The van der Waals surface area contributed by atoms with Crippen LogP contribution >= 0.6 is 0 Å². The van der Waals surface area contributed by atoms with Gasteiger partial charge in [-0.3, -0.25) is 0 Å². The summed E-state index contributed by atoms with van der Waals surface area (Å²) < 4.78 is 22.4. The first-order chi connectivity index (χ1) is 26.5. The van der Waals surface area contributed by atoms with Crippen molar-refractivity contribution in [2.45, 2.75) is 103 Å². The van der Waals surface area contributed by atoms with Gasteiger partial charge in [-0.1, -0.05) is 113 Å². The molecule has 8 atom stereocenters. The number of oxazole rings is 2. The van der Waals surface area contributed by atoms with Crippen LogP contribution in [0.25, 0.3) is 12.2 Å². The fourth-order valence-corrected chi connectivity index (χ4v) is 5.31. The van der Waals surface area contributed by atoms with Crippen LogP contribution in [-0.4, -0.2) is 101 Å². The number of nitrogens with zero attached hydrogens (tertiary/aromatic N) is 2. The summed E-state index contributed by atoms with van der Waals surface area (Å²) in [4.78, 5) is 34.7. The Morgan fingerprint density at radius 1 is 0.625 bits per heavy atom. The fourth-order valence-electron chi connectivity index (χ4n) is 5.31. The Bertz CT molecular complexity index is 1680. The lowest BCUT2D eigenvalue weighted by atomic mass is 9.79. The lowest BCUT2D eigenvalue weighted by molar-refractivity contribution is -0.0462. The van der Waals surface area contributed by atoms with E-state index >= 15 is 0 Å². The third-order valence-corrected chi connectivity index (χ3v) is 9.28. The highest BCUT2D eigenvalue weighted by molar-refractivity contribution is 5.87. The van der Waals surface area contributed by atoms with Crippen LogP contribution < -0.4 is 0 Å². The number of aliphatic hydroxyl groups is 6. The van der Waals surface area contributed by atoms with Gasteiger partial charge in [0.15, 0.2) is 11.4 Å². The van der Waals surface area contributed by atoms with Gasteiger partial charge in [0.2, 0.25) is 11.8 Å². The number of aliphatic hydroxyl groups excluding tert-OH is 6. The van der Waals surface area contributed by atoms with Crippen LogP contribution in [0.15, 0.2) is 106 Å². The van der Waals surface area contributed by atoms with Gasteiger partial charge in [-0.05, 0) is 13.8 Å². The molecule has 2 aromatic heterocycles. The standard InChI is InChI=1S/C42H54N2O12/c1-7-15-33(49)41(3,4)35-21-13-19-31(47)29(45)17-9-12-24-38-44-28(26-54-38)40(52)56-36(42(5,6)34(50)16-8-2)22-14-20-32(48)30(46)18-10-11-23-37-43-27(25-53-37)39(51)55-35/h7-20,23-26,29-36,45-50H,21-22H2,1-6H3/b15-7+,16-8+,17-9+,18-10+,19-13-,20-14-,23-11?,24-12?/t29?,30?,31?,32?,33-,34-,35-,36-/m0/s1. The number of hydrogen-bond acceptors (Lipinski definition) is 14. The molecule has 3 heterocycles. The van der Waals surface area contributed by atoms with E-state index in [9.17, 15) is 40.2 Å². The molecule has 14 heteroatoms. The molecule has 14 nitrogen and oxygen atoms in total. The van der Waals surface area contributed by atoms with Crippen molar-refractivity contribution in [2.75, 3.05) is 0 Å². The van der Waals surface area contributed by atoms with Gasteiger partial charge in [-0.2, -0.15) is 0 Å². The molecule has 0 aromatic carbocycles. The fraction of sp³-hybridized carbons (Fsp3) is 0.429. The van der Waals surface area contributed by atoms with E-state index in [4.69, 9.17) is 18.3 Å². The highest BCUT2D eigenvalue weighted by atomic mass is 16.6. The Morgan fingerprint density at radius 2 is 0.982 bits per heavy atom. The smallest absolute Gasteiger partial charge is 0.360 e. The molecule has 0 spiro atoms. The average Bonchev–Trinajstić information content (AvgIpc) is 3.84. The summed E-state index contributed by atoms with van der Waals surface area (Å²) in [5, 5.41) is 63.9. The molecule has 1 aliphatic rings. The predicted octanol–water partition coefficient (Wildman–Crippen LogP) is 4.83. The summed E-state index contributed by atoms with van der Waals surface area (Å²) in [5.74, 6) is -1.55. The van der Waals surface area contributed by atoms with Crippen molar-refractivity contribution in [1.82, 2.24) is 9.97 Å². The van der Waals surface area contributed by atoms with Crippen molar-refractivity contribution in [1.29, 1.82) is 0 Å². The van der Waals surface area contributed by atoms with Crippen molar-refractivity contribution < 1.29 is 58.5 Å². The maximum Gasteiger partial charge on any atom is 0.360 e. The molecule has 0 saturated heterocycles. The number of carbonyl (C=O) groups excluding carboxylic acids is 2. The lowest BCUT2D eigenvalue weighted by Gasteiger charge is -2.36. The Morgan fingerprint density at radius 3 is 1.34 bits per heavy atom.